The molecule has 0 spiro atoms. The smallest absolute Gasteiger partial charge is 0.231 e. The number of nitrogens with one attached hydrogen (secondary N) is 1. The molecule has 0 saturated heterocycles. The van der Waals surface area contributed by atoms with E-state index in [1.807, 2.05) is 18.4 Å². The number of nitrogens with two attached hydrogens (primary N) is 1. The minimum absolute atomic E-state index is 0.198. The summed E-state index contributed by atoms with van der Waals surface area (Å²) in [5, 5.41) is 3.13. The Hall–Kier alpha value is -3.23. The van der Waals surface area contributed by atoms with Crippen molar-refractivity contribution in [2.24, 2.45) is 0 Å². The van der Waals surface area contributed by atoms with Gasteiger partial charge in [0.2, 0.25) is 11.7 Å². The molecule has 0 radical (unpaired) electrons. The third kappa shape index (κ3) is 3.03. The van der Waals surface area contributed by atoms with Crippen LogP contribution < -0.4 is 25.3 Å². The maximum absolute atomic E-state index is 6.05. The number of rotatable bonds is 6. The van der Waals surface area contributed by atoms with E-state index in [9.17, 15) is 0 Å². The van der Waals surface area contributed by atoms with Crippen molar-refractivity contribution in [2.45, 2.75) is 19.9 Å². The highest BCUT2D eigenvalue weighted by molar-refractivity contribution is 5.83. The van der Waals surface area contributed by atoms with E-state index >= 15 is 0 Å². The quantitative estimate of drug-likeness (QED) is 0.692. The first-order chi connectivity index (χ1) is 12.5. The first kappa shape index (κ1) is 17.6. The SMILES string of the molecule is COc1cc(Nc2nc(N)c3ncn(C(C)C)c3n2)cc(OC)c1OC. The normalized spacial score (nSPS) is 11.0. The van der Waals surface area contributed by atoms with Crippen LogP contribution in [0.15, 0.2) is 18.5 Å². The van der Waals surface area contributed by atoms with Crippen LogP contribution in [-0.4, -0.2) is 40.8 Å². The fourth-order valence-corrected chi connectivity index (χ4v) is 2.65. The van der Waals surface area contributed by atoms with Gasteiger partial charge in [-0.05, 0) is 13.8 Å². The fraction of sp³-hybridized carbons (Fsp3) is 0.353. The van der Waals surface area contributed by atoms with Crippen LogP contribution in [0, 0.1) is 0 Å². The monoisotopic (exact) mass is 358 g/mol. The molecule has 2 heterocycles. The molecule has 0 amide bonds. The van der Waals surface area contributed by atoms with Crippen molar-refractivity contribution in [1.29, 1.82) is 0 Å². The maximum Gasteiger partial charge on any atom is 0.231 e. The average Bonchev–Trinajstić information content (AvgIpc) is 3.05. The summed E-state index contributed by atoms with van der Waals surface area (Å²) < 4.78 is 18.0. The Balaban J connectivity index is 2.05. The zero-order valence-corrected chi connectivity index (χ0v) is 15.4. The number of anilines is 3. The van der Waals surface area contributed by atoms with Crippen LogP contribution in [0.1, 0.15) is 19.9 Å². The van der Waals surface area contributed by atoms with E-state index in [4.69, 9.17) is 19.9 Å². The minimum atomic E-state index is 0.198. The zero-order chi connectivity index (χ0) is 18.8. The summed E-state index contributed by atoms with van der Waals surface area (Å²) in [7, 11) is 4.67. The second-order valence-corrected chi connectivity index (χ2v) is 5.89. The van der Waals surface area contributed by atoms with Gasteiger partial charge in [-0.25, -0.2) is 4.98 Å². The highest BCUT2D eigenvalue weighted by atomic mass is 16.5. The standard InChI is InChI=1S/C17H22N6O3/c1-9(2)23-8-19-13-15(18)21-17(22-16(13)23)20-10-6-11(24-3)14(26-5)12(7-10)25-4/h6-9H,1-5H3,(H3,18,20,21,22). The molecule has 26 heavy (non-hydrogen) atoms. The van der Waals surface area contributed by atoms with Crippen LogP contribution >= 0.6 is 0 Å². The summed E-state index contributed by atoms with van der Waals surface area (Å²) in [5.74, 6) is 2.22. The van der Waals surface area contributed by atoms with Gasteiger partial charge < -0.3 is 29.8 Å². The lowest BCUT2D eigenvalue weighted by Crippen LogP contribution is -2.05. The van der Waals surface area contributed by atoms with Gasteiger partial charge in [-0.15, -0.1) is 0 Å². The fourth-order valence-electron chi connectivity index (χ4n) is 2.65. The summed E-state index contributed by atoms with van der Waals surface area (Å²) in [6.45, 7) is 4.09. The number of nitrogens with zero attached hydrogens (tertiary/aromatic N) is 4. The van der Waals surface area contributed by atoms with E-state index in [1.54, 1.807) is 39.8 Å². The third-order valence-corrected chi connectivity index (χ3v) is 3.93. The molecule has 138 valence electrons. The van der Waals surface area contributed by atoms with Crippen molar-refractivity contribution in [3.8, 4) is 17.2 Å². The van der Waals surface area contributed by atoms with E-state index in [1.165, 1.54) is 0 Å². The Morgan fingerprint density at radius 1 is 1.04 bits per heavy atom. The Morgan fingerprint density at radius 3 is 2.23 bits per heavy atom. The van der Waals surface area contributed by atoms with Gasteiger partial charge in [0, 0.05) is 23.9 Å². The molecule has 3 N–H and O–H groups in total. The van der Waals surface area contributed by atoms with Crippen molar-refractivity contribution < 1.29 is 14.2 Å². The van der Waals surface area contributed by atoms with Gasteiger partial charge in [-0.1, -0.05) is 0 Å². The van der Waals surface area contributed by atoms with Gasteiger partial charge in [-0.3, -0.25) is 0 Å². The molecule has 2 aromatic heterocycles. The van der Waals surface area contributed by atoms with E-state index in [0.717, 1.165) is 0 Å². The van der Waals surface area contributed by atoms with Gasteiger partial charge in [0.15, 0.2) is 23.0 Å². The van der Waals surface area contributed by atoms with E-state index in [0.29, 0.717) is 45.9 Å². The summed E-state index contributed by atoms with van der Waals surface area (Å²) in [6.07, 6.45) is 1.71. The number of benzene rings is 1. The number of hydrogen-bond donors (Lipinski definition) is 2. The lowest BCUT2D eigenvalue weighted by molar-refractivity contribution is 0.324. The topological polar surface area (TPSA) is 109 Å². The number of imidazole rings is 1. The largest absolute Gasteiger partial charge is 0.493 e. The maximum atomic E-state index is 6.05. The Kier molecular flexibility index (Phi) is 4.70. The molecule has 0 bridgehead atoms. The molecule has 3 aromatic rings. The highest BCUT2D eigenvalue weighted by Crippen LogP contribution is 2.40. The molecule has 0 aliphatic heterocycles. The molecule has 1 aromatic carbocycles. The van der Waals surface area contributed by atoms with Gasteiger partial charge in [-0.2, -0.15) is 9.97 Å². The number of aromatic nitrogens is 4. The highest BCUT2D eigenvalue weighted by Gasteiger charge is 2.16. The van der Waals surface area contributed by atoms with Crippen molar-refractivity contribution in [1.82, 2.24) is 19.5 Å². The van der Waals surface area contributed by atoms with E-state index < -0.39 is 0 Å². The molecular weight excluding hydrogens is 336 g/mol. The van der Waals surface area contributed by atoms with Gasteiger partial charge in [0.25, 0.3) is 0 Å². The number of nitrogen functional groups attached to an aromatic ring is 1. The Labute approximate surface area is 151 Å². The molecule has 0 aliphatic rings. The summed E-state index contributed by atoms with van der Waals surface area (Å²) in [6, 6.07) is 3.73. The molecule has 0 saturated carbocycles. The van der Waals surface area contributed by atoms with Crippen molar-refractivity contribution in [3.63, 3.8) is 0 Å². The molecule has 0 unspecified atom stereocenters. The second-order valence-electron chi connectivity index (χ2n) is 5.89. The molecule has 0 fully saturated rings. The summed E-state index contributed by atoms with van der Waals surface area (Å²) in [5.41, 5.74) is 7.97. The zero-order valence-electron chi connectivity index (χ0n) is 15.4. The van der Waals surface area contributed by atoms with Crippen LogP contribution in [-0.2, 0) is 0 Å². The molecule has 0 aliphatic carbocycles. The van der Waals surface area contributed by atoms with Gasteiger partial charge >= 0.3 is 0 Å². The lowest BCUT2D eigenvalue weighted by Gasteiger charge is -2.15. The van der Waals surface area contributed by atoms with E-state index in [2.05, 4.69) is 20.3 Å². The van der Waals surface area contributed by atoms with E-state index in [-0.39, 0.29) is 6.04 Å². The minimum Gasteiger partial charge on any atom is -0.493 e. The number of methoxy groups -OCH3 is 3. The predicted octanol–water partition coefficient (Wildman–Crippen LogP) is 2.76. The van der Waals surface area contributed by atoms with Gasteiger partial charge in [0.05, 0.1) is 27.7 Å². The molecular formula is C17H22N6O3. The molecule has 9 nitrogen and oxygen atoms in total. The average molecular weight is 358 g/mol. The van der Waals surface area contributed by atoms with Crippen LogP contribution in [0.2, 0.25) is 0 Å². The lowest BCUT2D eigenvalue weighted by atomic mass is 10.2. The van der Waals surface area contributed by atoms with Crippen molar-refractivity contribution in [2.75, 3.05) is 32.4 Å². The van der Waals surface area contributed by atoms with Crippen molar-refractivity contribution in [3.05, 3.63) is 18.5 Å². The number of fused-ring (bicyclic) bond motifs is 1. The second kappa shape index (κ2) is 6.95. The molecule has 3 rings (SSSR count). The van der Waals surface area contributed by atoms with Crippen LogP contribution in [0.5, 0.6) is 17.2 Å². The molecule has 0 atom stereocenters. The first-order valence-electron chi connectivity index (χ1n) is 8.05. The Morgan fingerprint density at radius 2 is 1.69 bits per heavy atom. The number of ether oxygens (including phenoxy) is 3. The molecule has 9 heteroatoms. The van der Waals surface area contributed by atoms with Crippen LogP contribution in [0.25, 0.3) is 11.2 Å². The van der Waals surface area contributed by atoms with Crippen LogP contribution in [0.3, 0.4) is 0 Å². The summed E-state index contributed by atoms with van der Waals surface area (Å²) in [4.78, 5) is 13.1. The third-order valence-electron chi connectivity index (χ3n) is 3.93. The predicted molar refractivity (Wildman–Crippen MR) is 99.5 cm³/mol. The first-order valence-corrected chi connectivity index (χ1v) is 8.05. The van der Waals surface area contributed by atoms with Gasteiger partial charge in [0.1, 0.15) is 5.52 Å². The Bertz CT molecular complexity index is 913. The number of hydrogen-bond acceptors (Lipinski definition) is 8. The summed E-state index contributed by atoms with van der Waals surface area (Å²) >= 11 is 0. The van der Waals surface area contributed by atoms with Crippen LogP contribution in [0.4, 0.5) is 17.5 Å². The van der Waals surface area contributed by atoms with Crippen molar-refractivity contribution >= 4 is 28.6 Å².